The summed E-state index contributed by atoms with van der Waals surface area (Å²) in [5.74, 6) is 1.40. The Kier molecular flexibility index (Phi) is 5.01. The monoisotopic (exact) mass is 391 g/mol. The molecule has 1 amide bonds. The highest BCUT2D eigenvalue weighted by Gasteiger charge is 2.43. The molecule has 0 bridgehead atoms. The fraction of sp³-hybridized carbons (Fsp3) is 0.304. The van der Waals surface area contributed by atoms with Crippen LogP contribution in [-0.4, -0.2) is 41.8 Å². The number of aryl methyl sites for hydroxylation is 1. The molecule has 0 aliphatic carbocycles. The van der Waals surface area contributed by atoms with Gasteiger partial charge in [-0.05, 0) is 31.5 Å². The van der Waals surface area contributed by atoms with E-state index in [2.05, 4.69) is 36.2 Å². The highest BCUT2D eigenvalue weighted by atomic mass is 16.5. The first-order valence-corrected chi connectivity index (χ1v) is 9.77. The zero-order valence-corrected chi connectivity index (χ0v) is 17.2. The number of hydrogen-bond acceptors (Lipinski definition) is 4. The van der Waals surface area contributed by atoms with E-state index in [-0.39, 0.29) is 11.9 Å². The van der Waals surface area contributed by atoms with Crippen LogP contribution in [-0.2, 0) is 0 Å². The second-order valence-electron chi connectivity index (χ2n) is 7.24. The van der Waals surface area contributed by atoms with Gasteiger partial charge in [-0.1, -0.05) is 36.8 Å². The number of benzene rings is 2. The number of methoxy groups -OCH3 is 2. The molecule has 6 nitrogen and oxygen atoms in total. The summed E-state index contributed by atoms with van der Waals surface area (Å²) < 4.78 is 11.1. The van der Waals surface area contributed by atoms with Gasteiger partial charge in [0.25, 0.3) is 5.91 Å². The predicted molar refractivity (Wildman–Crippen MR) is 111 cm³/mol. The largest absolute Gasteiger partial charge is 0.497 e. The Morgan fingerprint density at radius 2 is 1.86 bits per heavy atom. The Hall–Kier alpha value is -3.28. The molecule has 0 fully saturated rings. The van der Waals surface area contributed by atoms with Gasteiger partial charge < -0.3 is 14.4 Å². The van der Waals surface area contributed by atoms with E-state index in [1.807, 2.05) is 35.2 Å². The number of carbonyl (C=O) groups is 1. The number of H-pyrrole nitrogens is 1. The van der Waals surface area contributed by atoms with Crippen LogP contribution in [0.15, 0.2) is 42.5 Å². The molecule has 1 aliphatic heterocycles. The van der Waals surface area contributed by atoms with Gasteiger partial charge in [0, 0.05) is 23.2 Å². The number of amides is 1. The molecule has 0 radical (unpaired) electrons. The van der Waals surface area contributed by atoms with E-state index in [1.165, 1.54) is 5.56 Å². The molecular weight excluding hydrogens is 366 g/mol. The summed E-state index contributed by atoms with van der Waals surface area (Å²) in [6, 6.07) is 13.6. The number of aromatic nitrogens is 2. The third-order valence-electron chi connectivity index (χ3n) is 5.38. The number of nitrogens with zero attached hydrogens (tertiary/aromatic N) is 2. The van der Waals surface area contributed by atoms with Crippen molar-refractivity contribution in [2.75, 3.05) is 20.8 Å². The Morgan fingerprint density at radius 1 is 1.10 bits per heavy atom. The van der Waals surface area contributed by atoms with Crippen LogP contribution in [0.1, 0.15) is 46.6 Å². The number of hydrogen-bond donors (Lipinski definition) is 1. The van der Waals surface area contributed by atoms with Gasteiger partial charge in [0.2, 0.25) is 0 Å². The smallest absolute Gasteiger partial charge is 0.273 e. The molecule has 1 atom stereocenters. The third kappa shape index (κ3) is 3.14. The highest BCUT2D eigenvalue weighted by Crippen LogP contribution is 2.46. The number of rotatable bonds is 6. The lowest BCUT2D eigenvalue weighted by Crippen LogP contribution is -2.30. The molecule has 0 saturated carbocycles. The number of ether oxygens (including phenoxy) is 2. The van der Waals surface area contributed by atoms with Crippen LogP contribution in [0, 0.1) is 6.92 Å². The molecule has 1 N–H and O–H groups in total. The summed E-state index contributed by atoms with van der Waals surface area (Å²) >= 11 is 0. The highest BCUT2D eigenvalue weighted by molar-refractivity contribution is 6.00. The van der Waals surface area contributed by atoms with Crippen LogP contribution in [0.5, 0.6) is 11.5 Å². The van der Waals surface area contributed by atoms with Gasteiger partial charge in [-0.25, -0.2) is 0 Å². The van der Waals surface area contributed by atoms with Gasteiger partial charge in [0.15, 0.2) is 0 Å². The van der Waals surface area contributed by atoms with Crippen molar-refractivity contribution in [1.29, 1.82) is 0 Å². The third-order valence-corrected chi connectivity index (χ3v) is 5.38. The van der Waals surface area contributed by atoms with Gasteiger partial charge in [0.05, 0.1) is 26.0 Å². The first-order valence-electron chi connectivity index (χ1n) is 9.77. The molecule has 0 spiro atoms. The predicted octanol–water partition coefficient (Wildman–Crippen LogP) is 4.36. The van der Waals surface area contributed by atoms with Crippen LogP contribution < -0.4 is 9.47 Å². The standard InChI is InChI=1S/C23H25N3O3/c1-5-12-26-22(17-13-16(28-3)10-11-18(17)29-4)19-20(24-25-21(19)23(26)27)15-8-6-14(2)7-9-15/h6-11,13,22H,5,12H2,1-4H3,(H,24,25)/t22-/m0/s1. The molecule has 6 heteroatoms. The maximum absolute atomic E-state index is 13.2. The summed E-state index contributed by atoms with van der Waals surface area (Å²) in [7, 11) is 3.28. The summed E-state index contributed by atoms with van der Waals surface area (Å²) in [6.07, 6.45) is 0.853. The first-order chi connectivity index (χ1) is 14.1. The van der Waals surface area contributed by atoms with Crippen molar-refractivity contribution < 1.29 is 14.3 Å². The fourth-order valence-corrected chi connectivity index (χ4v) is 3.98. The molecule has 150 valence electrons. The van der Waals surface area contributed by atoms with E-state index < -0.39 is 0 Å². The Balaban J connectivity index is 1.93. The Bertz CT molecular complexity index is 1040. The molecule has 0 unspecified atom stereocenters. The number of fused-ring (bicyclic) bond motifs is 1. The van der Waals surface area contributed by atoms with Gasteiger partial charge in [-0.15, -0.1) is 0 Å². The van der Waals surface area contributed by atoms with Crippen molar-refractivity contribution >= 4 is 5.91 Å². The van der Waals surface area contributed by atoms with E-state index in [1.54, 1.807) is 14.2 Å². The van der Waals surface area contributed by atoms with Crippen LogP contribution in [0.2, 0.25) is 0 Å². The molecular formula is C23H25N3O3. The maximum atomic E-state index is 13.2. The van der Waals surface area contributed by atoms with Gasteiger partial charge in [-0.2, -0.15) is 5.10 Å². The zero-order chi connectivity index (χ0) is 20.5. The van der Waals surface area contributed by atoms with E-state index in [0.29, 0.717) is 18.0 Å². The summed E-state index contributed by atoms with van der Waals surface area (Å²) in [4.78, 5) is 15.1. The van der Waals surface area contributed by atoms with E-state index in [9.17, 15) is 4.79 Å². The second-order valence-corrected chi connectivity index (χ2v) is 7.24. The number of carbonyl (C=O) groups excluding carboxylic acids is 1. The average Bonchev–Trinajstić information content (AvgIpc) is 3.28. The Morgan fingerprint density at radius 3 is 2.52 bits per heavy atom. The maximum Gasteiger partial charge on any atom is 0.273 e. The van der Waals surface area contributed by atoms with Crippen LogP contribution in [0.4, 0.5) is 0 Å². The average molecular weight is 391 g/mol. The number of nitrogens with one attached hydrogen (secondary N) is 1. The lowest BCUT2D eigenvalue weighted by molar-refractivity contribution is 0.0742. The van der Waals surface area contributed by atoms with Gasteiger partial charge >= 0.3 is 0 Å². The van der Waals surface area contributed by atoms with E-state index in [0.717, 1.165) is 34.6 Å². The summed E-state index contributed by atoms with van der Waals surface area (Å²) in [5.41, 5.74) is 5.27. The molecule has 1 aromatic heterocycles. The van der Waals surface area contributed by atoms with Crippen molar-refractivity contribution in [2.45, 2.75) is 26.3 Å². The quantitative estimate of drug-likeness (QED) is 0.678. The van der Waals surface area contributed by atoms with Crippen LogP contribution >= 0.6 is 0 Å². The SMILES string of the molecule is CCCN1C(=O)c2[nH]nc(-c3ccc(C)cc3)c2[C@@H]1c1cc(OC)ccc1OC. The van der Waals surface area contributed by atoms with Gasteiger partial charge in [-0.3, -0.25) is 9.89 Å². The van der Waals surface area contributed by atoms with Crippen molar-refractivity contribution in [3.05, 3.63) is 64.8 Å². The second kappa shape index (κ2) is 7.62. The summed E-state index contributed by atoms with van der Waals surface area (Å²) in [5, 5.41) is 7.50. The Labute approximate surface area is 170 Å². The topological polar surface area (TPSA) is 67.5 Å². The molecule has 4 rings (SSSR count). The molecule has 29 heavy (non-hydrogen) atoms. The van der Waals surface area contributed by atoms with Gasteiger partial charge in [0.1, 0.15) is 17.2 Å². The first kappa shape index (κ1) is 19.1. The van der Waals surface area contributed by atoms with Crippen LogP contribution in [0.3, 0.4) is 0 Å². The zero-order valence-electron chi connectivity index (χ0n) is 17.2. The van der Waals surface area contributed by atoms with Crippen LogP contribution in [0.25, 0.3) is 11.3 Å². The normalized spacial score (nSPS) is 15.5. The molecule has 1 aliphatic rings. The molecule has 2 aromatic carbocycles. The van der Waals surface area contributed by atoms with Crippen molar-refractivity contribution in [3.63, 3.8) is 0 Å². The lowest BCUT2D eigenvalue weighted by atomic mass is 9.95. The molecule has 2 heterocycles. The lowest BCUT2D eigenvalue weighted by Gasteiger charge is -2.27. The number of aromatic amines is 1. The van der Waals surface area contributed by atoms with Crippen molar-refractivity contribution in [3.8, 4) is 22.8 Å². The fourth-order valence-electron chi connectivity index (χ4n) is 3.98. The van der Waals surface area contributed by atoms with E-state index >= 15 is 0 Å². The minimum Gasteiger partial charge on any atom is -0.497 e. The molecule has 0 saturated heterocycles. The minimum absolute atomic E-state index is 0.0393. The molecule has 3 aromatic rings. The summed E-state index contributed by atoms with van der Waals surface area (Å²) in [6.45, 7) is 4.76. The minimum atomic E-state index is -0.294. The van der Waals surface area contributed by atoms with Crippen molar-refractivity contribution in [1.82, 2.24) is 15.1 Å². The van der Waals surface area contributed by atoms with E-state index in [4.69, 9.17) is 9.47 Å². The van der Waals surface area contributed by atoms with Crippen molar-refractivity contribution in [2.24, 2.45) is 0 Å².